The van der Waals surface area contributed by atoms with E-state index in [9.17, 15) is 0 Å². The summed E-state index contributed by atoms with van der Waals surface area (Å²) in [5.41, 5.74) is 0.990. The highest BCUT2D eigenvalue weighted by Crippen LogP contribution is 2.28. The van der Waals surface area contributed by atoms with E-state index in [1.807, 2.05) is 31.2 Å². The number of rotatable bonds is 5. The molecule has 0 saturated heterocycles. The smallest absolute Gasteiger partial charge is 0.227 e. The number of halogens is 1. The molecule has 0 radical (unpaired) electrons. The van der Waals surface area contributed by atoms with Crippen molar-refractivity contribution in [3.05, 3.63) is 40.6 Å². The second-order valence-corrected chi connectivity index (χ2v) is 4.86. The molecule has 2 rings (SSSR count). The summed E-state index contributed by atoms with van der Waals surface area (Å²) in [4.78, 5) is 8.48. The second-order valence-electron chi connectivity index (χ2n) is 3.95. The SMILES string of the molecule is CCNc1ncnc(Oc2cccc(Br)c2)c1CC. The molecule has 1 aromatic heterocycles. The number of nitrogens with zero attached hydrogens (tertiary/aromatic N) is 2. The molecule has 0 aliphatic heterocycles. The lowest BCUT2D eigenvalue weighted by atomic mass is 10.2. The summed E-state index contributed by atoms with van der Waals surface area (Å²) < 4.78 is 6.82. The lowest BCUT2D eigenvalue weighted by Crippen LogP contribution is -2.05. The van der Waals surface area contributed by atoms with Gasteiger partial charge in [0.2, 0.25) is 5.88 Å². The molecule has 0 spiro atoms. The highest BCUT2D eigenvalue weighted by Gasteiger charge is 2.11. The van der Waals surface area contributed by atoms with Crippen LogP contribution in [0.3, 0.4) is 0 Å². The maximum absolute atomic E-state index is 5.85. The van der Waals surface area contributed by atoms with Gasteiger partial charge in [-0.3, -0.25) is 0 Å². The van der Waals surface area contributed by atoms with Gasteiger partial charge in [0.25, 0.3) is 0 Å². The summed E-state index contributed by atoms with van der Waals surface area (Å²) in [6, 6.07) is 7.70. The van der Waals surface area contributed by atoms with Crippen LogP contribution in [0.4, 0.5) is 5.82 Å². The Hall–Kier alpha value is -1.62. The molecule has 0 saturated carbocycles. The van der Waals surface area contributed by atoms with E-state index in [4.69, 9.17) is 4.74 Å². The van der Waals surface area contributed by atoms with Gasteiger partial charge in [0, 0.05) is 11.0 Å². The van der Waals surface area contributed by atoms with Gasteiger partial charge in [-0.2, -0.15) is 0 Å². The molecule has 0 atom stereocenters. The van der Waals surface area contributed by atoms with Gasteiger partial charge < -0.3 is 10.1 Å². The monoisotopic (exact) mass is 321 g/mol. The van der Waals surface area contributed by atoms with Crippen molar-refractivity contribution in [3.8, 4) is 11.6 Å². The number of hydrogen-bond acceptors (Lipinski definition) is 4. The van der Waals surface area contributed by atoms with Crippen LogP contribution in [-0.2, 0) is 6.42 Å². The van der Waals surface area contributed by atoms with Gasteiger partial charge in [-0.1, -0.05) is 28.9 Å². The van der Waals surface area contributed by atoms with Crippen LogP contribution in [0.1, 0.15) is 19.4 Å². The van der Waals surface area contributed by atoms with Crippen LogP contribution >= 0.6 is 15.9 Å². The molecule has 0 aliphatic carbocycles. The minimum Gasteiger partial charge on any atom is -0.439 e. The largest absolute Gasteiger partial charge is 0.439 e. The molecule has 1 aromatic carbocycles. The maximum atomic E-state index is 5.85. The molecule has 0 aliphatic rings. The Bertz CT molecular complexity index is 560. The normalized spacial score (nSPS) is 10.3. The Morgan fingerprint density at radius 2 is 2.11 bits per heavy atom. The molecule has 4 nitrogen and oxygen atoms in total. The Morgan fingerprint density at radius 3 is 2.79 bits per heavy atom. The van der Waals surface area contributed by atoms with Crippen LogP contribution in [0.15, 0.2) is 35.1 Å². The predicted molar refractivity (Wildman–Crippen MR) is 79.8 cm³/mol. The number of benzene rings is 1. The van der Waals surface area contributed by atoms with E-state index in [1.54, 1.807) is 0 Å². The van der Waals surface area contributed by atoms with E-state index >= 15 is 0 Å². The first-order chi connectivity index (χ1) is 9.24. The Morgan fingerprint density at radius 1 is 1.26 bits per heavy atom. The van der Waals surface area contributed by atoms with Gasteiger partial charge >= 0.3 is 0 Å². The molecule has 2 aromatic rings. The molecule has 19 heavy (non-hydrogen) atoms. The summed E-state index contributed by atoms with van der Waals surface area (Å²) >= 11 is 3.43. The fourth-order valence-electron chi connectivity index (χ4n) is 1.76. The first kappa shape index (κ1) is 13.8. The molecular weight excluding hydrogens is 306 g/mol. The lowest BCUT2D eigenvalue weighted by molar-refractivity contribution is 0.455. The van der Waals surface area contributed by atoms with E-state index < -0.39 is 0 Å². The third-order valence-corrected chi connectivity index (χ3v) is 3.11. The molecule has 100 valence electrons. The van der Waals surface area contributed by atoms with Crippen molar-refractivity contribution >= 4 is 21.7 Å². The first-order valence-electron chi connectivity index (χ1n) is 6.25. The molecule has 5 heteroatoms. The second kappa shape index (κ2) is 6.52. The Labute approximate surface area is 121 Å². The minimum absolute atomic E-state index is 0.603. The number of aromatic nitrogens is 2. The molecule has 0 amide bonds. The molecular formula is C14H16BrN3O. The third-order valence-electron chi connectivity index (χ3n) is 2.61. The fraction of sp³-hybridized carbons (Fsp3) is 0.286. The van der Waals surface area contributed by atoms with Gasteiger partial charge in [0.1, 0.15) is 17.9 Å². The fourth-order valence-corrected chi connectivity index (χ4v) is 2.14. The lowest BCUT2D eigenvalue weighted by Gasteiger charge is -2.12. The Balaban J connectivity index is 2.31. The average Bonchev–Trinajstić information content (AvgIpc) is 2.39. The number of nitrogens with one attached hydrogen (secondary N) is 1. The topological polar surface area (TPSA) is 47.0 Å². The van der Waals surface area contributed by atoms with Crippen LogP contribution in [0, 0.1) is 0 Å². The summed E-state index contributed by atoms with van der Waals surface area (Å²) in [6.45, 7) is 4.92. The molecule has 1 N–H and O–H groups in total. The van der Waals surface area contributed by atoms with E-state index in [2.05, 4.69) is 38.1 Å². The van der Waals surface area contributed by atoms with E-state index in [1.165, 1.54) is 6.33 Å². The van der Waals surface area contributed by atoms with E-state index in [0.29, 0.717) is 5.88 Å². The standard InChI is InChI=1S/C14H16BrN3O/c1-3-12-13(16-4-2)17-9-18-14(12)19-11-7-5-6-10(15)8-11/h5-9H,3-4H2,1-2H3,(H,16,17,18). The van der Waals surface area contributed by atoms with Gasteiger partial charge in [0.05, 0.1) is 5.56 Å². The van der Waals surface area contributed by atoms with Crippen LogP contribution < -0.4 is 10.1 Å². The zero-order chi connectivity index (χ0) is 13.7. The van der Waals surface area contributed by atoms with Crippen molar-refractivity contribution in [2.45, 2.75) is 20.3 Å². The van der Waals surface area contributed by atoms with Gasteiger partial charge in [-0.05, 0) is 31.5 Å². The molecule has 0 bridgehead atoms. The highest BCUT2D eigenvalue weighted by molar-refractivity contribution is 9.10. The zero-order valence-corrected chi connectivity index (χ0v) is 12.6. The summed E-state index contributed by atoms with van der Waals surface area (Å²) in [7, 11) is 0. The highest BCUT2D eigenvalue weighted by atomic mass is 79.9. The van der Waals surface area contributed by atoms with Crippen molar-refractivity contribution in [1.82, 2.24) is 9.97 Å². The number of anilines is 1. The first-order valence-corrected chi connectivity index (χ1v) is 7.05. The van der Waals surface area contributed by atoms with Gasteiger partial charge in [-0.25, -0.2) is 9.97 Å². The zero-order valence-electron chi connectivity index (χ0n) is 11.0. The maximum Gasteiger partial charge on any atom is 0.227 e. The van der Waals surface area contributed by atoms with Crippen molar-refractivity contribution < 1.29 is 4.74 Å². The van der Waals surface area contributed by atoms with Crippen molar-refractivity contribution in [3.63, 3.8) is 0 Å². The van der Waals surface area contributed by atoms with Crippen molar-refractivity contribution in [2.24, 2.45) is 0 Å². The molecule has 1 heterocycles. The summed E-state index contributed by atoms with van der Waals surface area (Å²) in [5, 5.41) is 3.22. The van der Waals surface area contributed by atoms with E-state index in [-0.39, 0.29) is 0 Å². The van der Waals surface area contributed by atoms with Crippen molar-refractivity contribution in [1.29, 1.82) is 0 Å². The van der Waals surface area contributed by atoms with Crippen LogP contribution in [0.5, 0.6) is 11.6 Å². The quantitative estimate of drug-likeness (QED) is 0.903. The minimum atomic E-state index is 0.603. The van der Waals surface area contributed by atoms with Gasteiger partial charge in [-0.15, -0.1) is 0 Å². The van der Waals surface area contributed by atoms with Crippen LogP contribution in [-0.4, -0.2) is 16.5 Å². The molecule has 0 fully saturated rings. The Kier molecular flexibility index (Phi) is 4.74. The average molecular weight is 322 g/mol. The van der Waals surface area contributed by atoms with E-state index in [0.717, 1.165) is 34.6 Å². The number of hydrogen-bond donors (Lipinski definition) is 1. The third kappa shape index (κ3) is 3.44. The number of ether oxygens (including phenoxy) is 1. The summed E-state index contributed by atoms with van der Waals surface area (Å²) in [5.74, 6) is 2.20. The molecule has 0 unspecified atom stereocenters. The van der Waals surface area contributed by atoms with Crippen LogP contribution in [0.25, 0.3) is 0 Å². The van der Waals surface area contributed by atoms with Gasteiger partial charge in [0.15, 0.2) is 0 Å². The summed E-state index contributed by atoms with van der Waals surface area (Å²) in [6.07, 6.45) is 2.33. The van der Waals surface area contributed by atoms with Crippen LogP contribution in [0.2, 0.25) is 0 Å². The predicted octanol–water partition coefficient (Wildman–Crippen LogP) is 4.03. The van der Waals surface area contributed by atoms with Crippen molar-refractivity contribution in [2.75, 3.05) is 11.9 Å².